The Morgan fingerprint density at radius 2 is 1.63 bits per heavy atom. The lowest BCUT2D eigenvalue weighted by Gasteiger charge is -2.22. The summed E-state index contributed by atoms with van der Waals surface area (Å²) in [4.78, 5) is 36.2. The van der Waals surface area contributed by atoms with Crippen LogP contribution in [-0.2, 0) is 14.3 Å². The van der Waals surface area contributed by atoms with Gasteiger partial charge in [0.15, 0.2) is 0 Å². The molecule has 2 aliphatic carbocycles. The molecule has 0 spiro atoms. The lowest BCUT2D eigenvalue weighted by atomic mass is 9.94. The second-order valence-electron chi connectivity index (χ2n) is 9.03. The first-order valence-corrected chi connectivity index (χ1v) is 11.7. The van der Waals surface area contributed by atoms with Crippen molar-refractivity contribution in [3.05, 3.63) is 59.7 Å². The van der Waals surface area contributed by atoms with Crippen LogP contribution in [0, 0.1) is 11.8 Å². The van der Waals surface area contributed by atoms with Crippen molar-refractivity contribution < 1.29 is 33.0 Å². The number of carbonyl (C=O) groups excluding carboxylic acids is 2. The molecule has 2 amide bonds. The first-order chi connectivity index (χ1) is 16.8. The van der Waals surface area contributed by atoms with E-state index in [0.29, 0.717) is 12.8 Å². The van der Waals surface area contributed by atoms with E-state index >= 15 is 0 Å². The number of halogens is 2. The number of carbonyl (C=O) groups is 3. The molecular weight excluding hydrogens is 458 g/mol. The number of alkyl carbamates (subject to hydrolysis) is 1. The third kappa shape index (κ3) is 5.61. The van der Waals surface area contributed by atoms with E-state index in [1.54, 1.807) is 0 Å². The molecule has 3 unspecified atom stereocenters. The Hall–Kier alpha value is -3.49. The molecule has 35 heavy (non-hydrogen) atoms. The number of aliphatic carboxylic acids is 1. The van der Waals surface area contributed by atoms with Crippen LogP contribution in [0.1, 0.15) is 42.7 Å². The van der Waals surface area contributed by atoms with Crippen LogP contribution in [0.3, 0.4) is 0 Å². The normalized spacial score (nSPS) is 19.6. The van der Waals surface area contributed by atoms with Gasteiger partial charge in [-0.3, -0.25) is 4.79 Å². The van der Waals surface area contributed by atoms with E-state index in [-0.39, 0.29) is 25.0 Å². The number of carboxylic acid groups (broad SMARTS) is 1. The number of hydrogen-bond acceptors (Lipinski definition) is 4. The maximum atomic E-state index is 12.6. The minimum absolute atomic E-state index is 0.0686. The second-order valence-corrected chi connectivity index (χ2v) is 9.03. The summed E-state index contributed by atoms with van der Waals surface area (Å²) >= 11 is 0. The molecule has 2 aliphatic rings. The first-order valence-electron chi connectivity index (χ1n) is 11.7. The quantitative estimate of drug-likeness (QED) is 0.494. The molecule has 0 saturated heterocycles. The first kappa shape index (κ1) is 24.6. The second kappa shape index (κ2) is 10.8. The summed E-state index contributed by atoms with van der Waals surface area (Å²) in [6, 6.07) is 14.4. The Morgan fingerprint density at radius 3 is 2.23 bits per heavy atom. The van der Waals surface area contributed by atoms with Crippen molar-refractivity contribution in [2.45, 2.75) is 44.1 Å². The van der Waals surface area contributed by atoms with Crippen molar-refractivity contribution in [1.29, 1.82) is 0 Å². The van der Waals surface area contributed by atoms with Crippen LogP contribution in [0.5, 0.6) is 0 Å². The average molecular weight is 487 g/mol. The molecule has 0 heterocycles. The lowest BCUT2D eigenvalue weighted by molar-refractivity contribution is -0.143. The third-order valence-corrected chi connectivity index (χ3v) is 6.88. The van der Waals surface area contributed by atoms with E-state index in [0.717, 1.165) is 28.7 Å². The average Bonchev–Trinajstić information content (AvgIpc) is 3.43. The van der Waals surface area contributed by atoms with Gasteiger partial charge in [-0.05, 0) is 41.0 Å². The van der Waals surface area contributed by atoms with Gasteiger partial charge in [0.25, 0.3) is 0 Å². The number of nitrogens with one attached hydrogen (secondary N) is 2. The van der Waals surface area contributed by atoms with Gasteiger partial charge in [0, 0.05) is 24.8 Å². The van der Waals surface area contributed by atoms with Crippen molar-refractivity contribution >= 4 is 18.0 Å². The molecule has 0 aromatic heterocycles. The standard InChI is InChI=1S/C26H28F2N2O5/c27-23(28)12-22(25(32)33)30-24(31)16-11-5-6-15(16)13-29-26(34)35-14-21-19-9-3-1-7-17(19)18-8-2-4-10-20(18)21/h1-4,7-10,15-16,21-23H,5-6,11-14H2,(H,29,34)(H,30,31)(H,32,33). The Bertz CT molecular complexity index is 1050. The van der Waals surface area contributed by atoms with E-state index in [2.05, 4.69) is 22.8 Å². The zero-order chi connectivity index (χ0) is 24.9. The number of ether oxygens (including phenoxy) is 1. The maximum Gasteiger partial charge on any atom is 0.407 e. The number of carboxylic acids is 1. The van der Waals surface area contributed by atoms with Gasteiger partial charge in [0.2, 0.25) is 12.3 Å². The molecule has 1 fully saturated rings. The van der Waals surface area contributed by atoms with Crippen LogP contribution >= 0.6 is 0 Å². The van der Waals surface area contributed by atoms with E-state index < -0.39 is 42.8 Å². The summed E-state index contributed by atoms with van der Waals surface area (Å²) in [7, 11) is 0. The van der Waals surface area contributed by atoms with Gasteiger partial charge in [-0.2, -0.15) is 0 Å². The monoisotopic (exact) mass is 486 g/mol. The molecule has 3 N–H and O–H groups in total. The molecule has 9 heteroatoms. The van der Waals surface area contributed by atoms with Crippen LogP contribution in [0.25, 0.3) is 11.1 Å². The number of amides is 2. The molecule has 3 atom stereocenters. The maximum absolute atomic E-state index is 12.6. The highest BCUT2D eigenvalue weighted by molar-refractivity contribution is 5.85. The van der Waals surface area contributed by atoms with Gasteiger partial charge in [-0.15, -0.1) is 0 Å². The SMILES string of the molecule is O=C(NCC1CCCC1C(=O)NC(CC(F)F)C(=O)O)OCC1c2ccccc2-c2ccccc21. The van der Waals surface area contributed by atoms with Crippen LogP contribution in [0.2, 0.25) is 0 Å². The van der Waals surface area contributed by atoms with Crippen molar-refractivity contribution in [1.82, 2.24) is 10.6 Å². The van der Waals surface area contributed by atoms with Crippen molar-refractivity contribution in [3.63, 3.8) is 0 Å². The molecular formula is C26H28F2N2O5. The molecule has 0 aliphatic heterocycles. The summed E-state index contributed by atoms with van der Waals surface area (Å²) in [6.07, 6.45) is -2.50. The highest BCUT2D eigenvalue weighted by atomic mass is 19.3. The number of benzene rings is 2. The molecule has 0 bridgehead atoms. The summed E-state index contributed by atoms with van der Waals surface area (Å²) in [5.41, 5.74) is 4.46. The largest absolute Gasteiger partial charge is 0.480 e. The number of alkyl halides is 2. The predicted molar refractivity (Wildman–Crippen MR) is 124 cm³/mol. The summed E-state index contributed by atoms with van der Waals surface area (Å²) < 4.78 is 30.8. The summed E-state index contributed by atoms with van der Waals surface area (Å²) in [5.74, 6) is -2.92. The molecule has 186 valence electrons. The van der Waals surface area contributed by atoms with Gasteiger partial charge in [-0.1, -0.05) is 55.0 Å². The number of rotatable bonds is 9. The Labute approximate surface area is 201 Å². The minimum Gasteiger partial charge on any atom is -0.480 e. The van der Waals surface area contributed by atoms with Gasteiger partial charge in [-0.25, -0.2) is 18.4 Å². The molecule has 1 saturated carbocycles. The Morgan fingerprint density at radius 1 is 1.00 bits per heavy atom. The van der Waals surface area contributed by atoms with Crippen molar-refractivity contribution in [2.24, 2.45) is 11.8 Å². The van der Waals surface area contributed by atoms with E-state index in [1.807, 2.05) is 36.4 Å². The molecule has 4 rings (SSSR count). The van der Waals surface area contributed by atoms with E-state index in [9.17, 15) is 23.2 Å². The molecule has 2 aromatic carbocycles. The van der Waals surface area contributed by atoms with Crippen LogP contribution in [0.15, 0.2) is 48.5 Å². The number of hydrogen-bond donors (Lipinski definition) is 3. The fourth-order valence-electron chi connectivity index (χ4n) is 5.17. The van der Waals surface area contributed by atoms with Crippen molar-refractivity contribution in [3.8, 4) is 11.1 Å². The molecule has 2 aromatic rings. The summed E-state index contributed by atoms with van der Waals surface area (Å²) in [6.45, 7) is 0.351. The molecule has 0 radical (unpaired) electrons. The smallest absolute Gasteiger partial charge is 0.407 e. The van der Waals surface area contributed by atoms with E-state index in [4.69, 9.17) is 9.84 Å². The van der Waals surface area contributed by atoms with Gasteiger partial charge in [0.1, 0.15) is 12.6 Å². The van der Waals surface area contributed by atoms with Gasteiger partial charge >= 0.3 is 12.1 Å². The zero-order valence-electron chi connectivity index (χ0n) is 19.1. The predicted octanol–water partition coefficient (Wildman–Crippen LogP) is 4.17. The van der Waals surface area contributed by atoms with Crippen LogP contribution in [-0.4, -0.2) is 48.7 Å². The topological polar surface area (TPSA) is 105 Å². The van der Waals surface area contributed by atoms with Crippen LogP contribution in [0.4, 0.5) is 13.6 Å². The Kier molecular flexibility index (Phi) is 7.63. The fourth-order valence-corrected chi connectivity index (χ4v) is 5.17. The Balaban J connectivity index is 1.30. The lowest BCUT2D eigenvalue weighted by Crippen LogP contribution is -2.46. The molecule has 7 nitrogen and oxygen atoms in total. The highest BCUT2D eigenvalue weighted by Gasteiger charge is 2.36. The zero-order valence-corrected chi connectivity index (χ0v) is 19.1. The van der Waals surface area contributed by atoms with Gasteiger partial charge in [0.05, 0.1) is 0 Å². The fraction of sp³-hybridized carbons (Fsp3) is 0.423. The van der Waals surface area contributed by atoms with Gasteiger partial charge < -0.3 is 20.5 Å². The highest BCUT2D eigenvalue weighted by Crippen LogP contribution is 2.44. The van der Waals surface area contributed by atoms with E-state index in [1.165, 1.54) is 0 Å². The third-order valence-electron chi connectivity index (χ3n) is 6.88. The number of fused-ring (bicyclic) bond motifs is 3. The minimum atomic E-state index is -2.84. The van der Waals surface area contributed by atoms with Crippen molar-refractivity contribution in [2.75, 3.05) is 13.2 Å². The van der Waals surface area contributed by atoms with Crippen LogP contribution < -0.4 is 10.6 Å². The summed E-state index contributed by atoms with van der Waals surface area (Å²) in [5, 5.41) is 14.0.